The normalized spacial score (nSPS) is 48.7. The van der Waals surface area contributed by atoms with E-state index in [0.717, 1.165) is 19.3 Å². The van der Waals surface area contributed by atoms with Crippen LogP contribution in [0.3, 0.4) is 0 Å². The smallest absolute Gasteiger partial charge is 0.110 e. The Morgan fingerprint density at radius 2 is 2.30 bits per heavy atom. The molecular weight excluding hydrogens is 128 g/mol. The van der Waals surface area contributed by atoms with Crippen molar-refractivity contribution < 1.29 is 9.84 Å². The first-order valence-corrected chi connectivity index (χ1v) is 3.86. The van der Waals surface area contributed by atoms with E-state index in [4.69, 9.17) is 4.74 Å². The molecule has 1 saturated heterocycles. The molecule has 0 bridgehead atoms. The van der Waals surface area contributed by atoms with Crippen molar-refractivity contribution >= 4 is 0 Å². The molecule has 0 aromatic rings. The van der Waals surface area contributed by atoms with Crippen LogP contribution in [-0.4, -0.2) is 23.4 Å². The molecule has 1 heterocycles. The second-order valence-electron chi connectivity index (χ2n) is 2.99. The summed E-state index contributed by atoms with van der Waals surface area (Å²) in [7, 11) is 0. The van der Waals surface area contributed by atoms with Gasteiger partial charge in [0.05, 0.1) is 12.2 Å². The van der Waals surface area contributed by atoms with E-state index in [1.54, 1.807) is 0 Å². The first kappa shape index (κ1) is 6.38. The highest BCUT2D eigenvalue weighted by molar-refractivity contribution is 4.99. The Kier molecular flexibility index (Phi) is 1.51. The SMILES string of the molecule is OC1C/C=C\CCC2OC12. The first-order chi connectivity index (χ1) is 4.88. The lowest BCUT2D eigenvalue weighted by atomic mass is 10.0. The monoisotopic (exact) mass is 140 g/mol. The van der Waals surface area contributed by atoms with Crippen LogP contribution in [0.2, 0.25) is 0 Å². The predicted octanol–water partition coefficient (Wildman–Crippen LogP) is 0.855. The summed E-state index contributed by atoms with van der Waals surface area (Å²) in [4.78, 5) is 0. The van der Waals surface area contributed by atoms with Crippen molar-refractivity contribution in [1.82, 2.24) is 0 Å². The van der Waals surface area contributed by atoms with Crippen molar-refractivity contribution in [3.05, 3.63) is 12.2 Å². The Hall–Kier alpha value is -0.340. The van der Waals surface area contributed by atoms with Crippen LogP contribution >= 0.6 is 0 Å². The van der Waals surface area contributed by atoms with Crippen molar-refractivity contribution in [2.24, 2.45) is 0 Å². The van der Waals surface area contributed by atoms with Crippen LogP contribution in [0.4, 0.5) is 0 Å². The van der Waals surface area contributed by atoms with E-state index < -0.39 is 0 Å². The van der Waals surface area contributed by atoms with Crippen LogP contribution in [0.1, 0.15) is 19.3 Å². The summed E-state index contributed by atoms with van der Waals surface area (Å²) >= 11 is 0. The van der Waals surface area contributed by atoms with Gasteiger partial charge < -0.3 is 9.84 Å². The number of allylic oxidation sites excluding steroid dienone is 1. The average Bonchev–Trinajstić information content (AvgIpc) is 2.62. The third kappa shape index (κ3) is 1.09. The van der Waals surface area contributed by atoms with Gasteiger partial charge in [-0.15, -0.1) is 0 Å². The zero-order valence-electron chi connectivity index (χ0n) is 5.86. The minimum Gasteiger partial charge on any atom is -0.390 e. The minimum absolute atomic E-state index is 0.157. The van der Waals surface area contributed by atoms with Gasteiger partial charge in [-0.25, -0.2) is 0 Å². The molecular formula is C8H12O2. The Bertz CT molecular complexity index is 153. The molecule has 2 rings (SSSR count). The average molecular weight is 140 g/mol. The van der Waals surface area contributed by atoms with Gasteiger partial charge in [-0.05, 0) is 19.3 Å². The van der Waals surface area contributed by atoms with E-state index in [1.165, 1.54) is 0 Å². The summed E-state index contributed by atoms with van der Waals surface area (Å²) in [6.45, 7) is 0. The number of hydrogen-bond donors (Lipinski definition) is 1. The van der Waals surface area contributed by atoms with Gasteiger partial charge in [0.1, 0.15) is 6.10 Å². The van der Waals surface area contributed by atoms with E-state index in [9.17, 15) is 5.11 Å². The molecule has 1 fully saturated rings. The van der Waals surface area contributed by atoms with Crippen molar-refractivity contribution in [2.45, 2.75) is 37.6 Å². The van der Waals surface area contributed by atoms with Gasteiger partial charge in [0.15, 0.2) is 0 Å². The second kappa shape index (κ2) is 2.36. The quantitative estimate of drug-likeness (QED) is 0.400. The van der Waals surface area contributed by atoms with Gasteiger partial charge in [-0.3, -0.25) is 0 Å². The summed E-state index contributed by atoms with van der Waals surface area (Å²) in [6.07, 6.45) is 7.39. The van der Waals surface area contributed by atoms with Crippen molar-refractivity contribution in [2.75, 3.05) is 0 Å². The molecule has 10 heavy (non-hydrogen) atoms. The summed E-state index contributed by atoms with van der Waals surface area (Å²) < 4.78 is 5.26. The number of fused-ring (bicyclic) bond motifs is 1. The van der Waals surface area contributed by atoms with Crippen molar-refractivity contribution in [3.63, 3.8) is 0 Å². The van der Waals surface area contributed by atoms with E-state index in [-0.39, 0.29) is 12.2 Å². The Labute approximate surface area is 60.5 Å². The maximum absolute atomic E-state index is 9.35. The highest BCUT2D eigenvalue weighted by Gasteiger charge is 2.43. The molecule has 0 saturated carbocycles. The van der Waals surface area contributed by atoms with Crippen molar-refractivity contribution in [3.8, 4) is 0 Å². The van der Waals surface area contributed by atoms with E-state index in [0.29, 0.717) is 6.10 Å². The van der Waals surface area contributed by atoms with Crippen LogP contribution in [0.25, 0.3) is 0 Å². The number of aliphatic hydroxyl groups excluding tert-OH is 1. The number of epoxide rings is 1. The van der Waals surface area contributed by atoms with E-state index >= 15 is 0 Å². The highest BCUT2D eigenvalue weighted by Crippen LogP contribution is 2.32. The Balaban J connectivity index is 1.98. The lowest BCUT2D eigenvalue weighted by molar-refractivity contribution is 0.138. The van der Waals surface area contributed by atoms with Gasteiger partial charge in [0.25, 0.3) is 0 Å². The van der Waals surface area contributed by atoms with Gasteiger partial charge in [-0.2, -0.15) is 0 Å². The van der Waals surface area contributed by atoms with Gasteiger partial charge in [0.2, 0.25) is 0 Å². The standard InChI is InChI=1S/C8H12O2/c9-6-4-2-1-3-5-7-8(6)10-7/h1-2,6-9H,3-5H2/b2-1-. The second-order valence-corrected chi connectivity index (χ2v) is 2.99. The maximum Gasteiger partial charge on any atom is 0.110 e. The fraction of sp³-hybridized carbons (Fsp3) is 0.750. The Morgan fingerprint density at radius 1 is 1.40 bits per heavy atom. The summed E-state index contributed by atoms with van der Waals surface area (Å²) in [5, 5.41) is 9.35. The van der Waals surface area contributed by atoms with Crippen LogP contribution in [0.5, 0.6) is 0 Å². The molecule has 0 aromatic heterocycles. The van der Waals surface area contributed by atoms with E-state index in [2.05, 4.69) is 6.08 Å². The predicted molar refractivity (Wildman–Crippen MR) is 37.7 cm³/mol. The fourth-order valence-electron chi connectivity index (χ4n) is 1.48. The lowest BCUT2D eigenvalue weighted by Gasteiger charge is -2.04. The van der Waals surface area contributed by atoms with Crippen LogP contribution in [0, 0.1) is 0 Å². The maximum atomic E-state index is 9.35. The first-order valence-electron chi connectivity index (χ1n) is 3.86. The minimum atomic E-state index is -0.249. The number of aliphatic hydroxyl groups is 1. The lowest BCUT2D eigenvalue weighted by Crippen LogP contribution is -2.16. The summed E-state index contributed by atoms with van der Waals surface area (Å²) in [6, 6.07) is 0. The third-order valence-corrected chi connectivity index (χ3v) is 2.16. The summed E-state index contributed by atoms with van der Waals surface area (Å²) in [5.74, 6) is 0. The molecule has 1 N–H and O–H groups in total. The molecule has 3 atom stereocenters. The molecule has 2 nitrogen and oxygen atoms in total. The van der Waals surface area contributed by atoms with Crippen LogP contribution < -0.4 is 0 Å². The zero-order chi connectivity index (χ0) is 6.97. The number of rotatable bonds is 0. The fourth-order valence-corrected chi connectivity index (χ4v) is 1.48. The van der Waals surface area contributed by atoms with Gasteiger partial charge >= 0.3 is 0 Å². The Morgan fingerprint density at radius 3 is 3.20 bits per heavy atom. The number of hydrogen-bond acceptors (Lipinski definition) is 2. The van der Waals surface area contributed by atoms with Crippen LogP contribution in [0.15, 0.2) is 12.2 Å². The number of ether oxygens (including phenoxy) is 1. The molecule has 2 aliphatic rings. The largest absolute Gasteiger partial charge is 0.390 e. The molecule has 1 aliphatic carbocycles. The molecule has 0 amide bonds. The molecule has 0 radical (unpaired) electrons. The zero-order valence-corrected chi connectivity index (χ0v) is 5.86. The molecule has 1 aliphatic heterocycles. The molecule has 0 aromatic carbocycles. The molecule has 2 heteroatoms. The summed E-state index contributed by atoms with van der Waals surface area (Å²) in [5.41, 5.74) is 0. The molecule has 0 spiro atoms. The highest BCUT2D eigenvalue weighted by atomic mass is 16.6. The molecule has 56 valence electrons. The van der Waals surface area contributed by atoms with Gasteiger partial charge in [0, 0.05) is 0 Å². The van der Waals surface area contributed by atoms with Gasteiger partial charge in [-0.1, -0.05) is 12.2 Å². The van der Waals surface area contributed by atoms with Crippen molar-refractivity contribution in [1.29, 1.82) is 0 Å². The van der Waals surface area contributed by atoms with Crippen LogP contribution in [-0.2, 0) is 4.74 Å². The van der Waals surface area contributed by atoms with E-state index in [1.807, 2.05) is 6.08 Å². The third-order valence-electron chi connectivity index (χ3n) is 2.16. The topological polar surface area (TPSA) is 32.8 Å². The molecule has 3 unspecified atom stereocenters.